The summed E-state index contributed by atoms with van der Waals surface area (Å²) < 4.78 is 1.69. The summed E-state index contributed by atoms with van der Waals surface area (Å²) in [6, 6.07) is 5.59. The van der Waals surface area contributed by atoms with Crippen LogP contribution in [0.1, 0.15) is 11.5 Å². The second-order valence-corrected chi connectivity index (χ2v) is 4.79. The Morgan fingerprint density at radius 2 is 2.30 bits per heavy atom. The SMILES string of the molecule is Cc1ncc(CNc2cc(Cl)ccc2-n2cncn2)[nH]1. The number of halogens is 1. The minimum atomic E-state index is 0.628. The minimum absolute atomic E-state index is 0.628. The summed E-state index contributed by atoms with van der Waals surface area (Å²) in [6.07, 6.45) is 4.95. The van der Waals surface area contributed by atoms with Crippen molar-refractivity contribution in [3.05, 3.63) is 53.6 Å². The van der Waals surface area contributed by atoms with Crippen LogP contribution in [-0.2, 0) is 6.54 Å². The Hall–Kier alpha value is -2.34. The molecule has 7 heteroatoms. The normalized spacial score (nSPS) is 10.7. The van der Waals surface area contributed by atoms with Gasteiger partial charge in [-0.3, -0.25) is 0 Å². The van der Waals surface area contributed by atoms with Crippen molar-refractivity contribution in [3.8, 4) is 5.69 Å². The number of nitrogens with zero attached hydrogens (tertiary/aromatic N) is 4. The van der Waals surface area contributed by atoms with Crippen LogP contribution < -0.4 is 5.32 Å². The number of rotatable bonds is 4. The highest BCUT2D eigenvalue weighted by atomic mass is 35.5. The van der Waals surface area contributed by atoms with Gasteiger partial charge in [0.1, 0.15) is 18.5 Å². The van der Waals surface area contributed by atoms with E-state index < -0.39 is 0 Å². The number of H-pyrrole nitrogens is 1. The lowest BCUT2D eigenvalue weighted by atomic mass is 10.2. The van der Waals surface area contributed by atoms with Gasteiger partial charge >= 0.3 is 0 Å². The van der Waals surface area contributed by atoms with Crippen molar-refractivity contribution in [2.45, 2.75) is 13.5 Å². The summed E-state index contributed by atoms with van der Waals surface area (Å²) in [5.74, 6) is 0.893. The summed E-state index contributed by atoms with van der Waals surface area (Å²) in [6.45, 7) is 2.55. The smallest absolute Gasteiger partial charge is 0.138 e. The maximum Gasteiger partial charge on any atom is 0.138 e. The molecular formula is C13H13ClN6. The number of benzene rings is 1. The van der Waals surface area contributed by atoms with E-state index in [2.05, 4.69) is 25.4 Å². The zero-order valence-corrected chi connectivity index (χ0v) is 11.6. The molecule has 0 saturated heterocycles. The summed E-state index contributed by atoms with van der Waals surface area (Å²) in [7, 11) is 0. The first-order valence-electron chi connectivity index (χ1n) is 6.11. The molecule has 0 amide bonds. The molecule has 0 bridgehead atoms. The number of imidazole rings is 1. The molecule has 3 aromatic rings. The van der Waals surface area contributed by atoms with Crippen LogP contribution in [0.2, 0.25) is 5.02 Å². The van der Waals surface area contributed by atoms with Gasteiger partial charge < -0.3 is 10.3 Å². The monoisotopic (exact) mass is 288 g/mol. The van der Waals surface area contributed by atoms with E-state index in [1.54, 1.807) is 11.0 Å². The molecule has 20 heavy (non-hydrogen) atoms. The van der Waals surface area contributed by atoms with Gasteiger partial charge in [-0.2, -0.15) is 5.10 Å². The highest BCUT2D eigenvalue weighted by Crippen LogP contribution is 2.24. The summed E-state index contributed by atoms with van der Waals surface area (Å²) >= 11 is 6.06. The van der Waals surface area contributed by atoms with Gasteiger partial charge in [0.25, 0.3) is 0 Å². The van der Waals surface area contributed by atoms with Crippen molar-refractivity contribution >= 4 is 17.3 Å². The fourth-order valence-electron chi connectivity index (χ4n) is 1.93. The standard InChI is InChI=1S/C13H13ClN6/c1-9-16-5-11(19-9)6-17-12-4-10(14)2-3-13(12)20-8-15-7-18-20/h2-5,7-8,17H,6H2,1H3,(H,16,19). The first kappa shape index (κ1) is 12.7. The fraction of sp³-hybridized carbons (Fsp3) is 0.154. The van der Waals surface area contributed by atoms with Crippen LogP contribution in [0.25, 0.3) is 5.69 Å². The molecule has 0 fully saturated rings. The van der Waals surface area contributed by atoms with Gasteiger partial charge in [-0.25, -0.2) is 14.6 Å². The quantitative estimate of drug-likeness (QED) is 0.774. The second kappa shape index (κ2) is 5.34. The first-order valence-corrected chi connectivity index (χ1v) is 6.49. The van der Waals surface area contributed by atoms with E-state index in [0.29, 0.717) is 11.6 Å². The molecule has 0 unspecified atom stereocenters. The maximum absolute atomic E-state index is 6.06. The van der Waals surface area contributed by atoms with Crippen molar-refractivity contribution < 1.29 is 0 Å². The molecule has 2 N–H and O–H groups in total. The van der Waals surface area contributed by atoms with E-state index in [1.807, 2.05) is 31.3 Å². The van der Waals surface area contributed by atoms with Crippen molar-refractivity contribution in [1.29, 1.82) is 0 Å². The number of aryl methyl sites for hydroxylation is 1. The summed E-state index contributed by atoms with van der Waals surface area (Å²) in [5.41, 5.74) is 2.78. The largest absolute Gasteiger partial charge is 0.378 e. The molecule has 2 aromatic heterocycles. The van der Waals surface area contributed by atoms with E-state index in [9.17, 15) is 0 Å². The van der Waals surface area contributed by atoms with Gasteiger partial charge in [-0.05, 0) is 25.1 Å². The average Bonchev–Trinajstić information content (AvgIpc) is 3.08. The molecule has 0 spiro atoms. The Kier molecular flexibility index (Phi) is 3.39. The molecule has 0 saturated carbocycles. The molecule has 6 nitrogen and oxygen atoms in total. The van der Waals surface area contributed by atoms with Crippen molar-refractivity contribution in [3.63, 3.8) is 0 Å². The molecule has 0 radical (unpaired) electrons. The average molecular weight is 289 g/mol. The number of hydrogen-bond acceptors (Lipinski definition) is 4. The van der Waals surface area contributed by atoms with Crippen LogP contribution >= 0.6 is 11.6 Å². The molecule has 102 valence electrons. The minimum Gasteiger partial charge on any atom is -0.378 e. The Morgan fingerprint density at radius 1 is 1.40 bits per heavy atom. The maximum atomic E-state index is 6.06. The Morgan fingerprint density at radius 3 is 3.00 bits per heavy atom. The van der Waals surface area contributed by atoms with Gasteiger partial charge in [0, 0.05) is 5.02 Å². The predicted molar refractivity (Wildman–Crippen MR) is 77.0 cm³/mol. The van der Waals surface area contributed by atoms with Crippen LogP contribution in [0.15, 0.2) is 37.1 Å². The number of anilines is 1. The van der Waals surface area contributed by atoms with Crippen LogP contribution in [0, 0.1) is 6.92 Å². The Labute approximate surface area is 120 Å². The highest BCUT2D eigenvalue weighted by molar-refractivity contribution is 6.31. The van der Waals surface area contributed by atoms with Gasteiger partial charge in [-0.15, -0.1) is 0 Å². The van der Waals surface area contributed by atoms with E-state index in [-0.39, 0.29) is 0 Å². The summed E-state index contributed by atoms with van der Waals surface area (Å²) in [5, 5.41) is 8.13. The lowest BCUT2D eigenvalue weighted by Crippen LogP contribution is -2.05. The second-order valence-electron chi connectivity index (χ2n) is 4.35. The van der Waals surface area contributed by atoms with Crippen molar-refractivity contribution in [2.24, 2.45) is 0 Å². The van der Waals surface area contributed by atoms with Crippen LogP contribution in [-0.4, -0.2) is 24.7 Å². The third kappa shape index (κ3) is 2.65. The molecule has 2 heterocycles. The third-order valence-electron chi connectivity index (χ3n) is 2.85. The molecule has 0 atom stereocenters. The number of aromatic amines is 1. The summed E-state index contributed by atoms with van der Waals surface area (Å²) in [4.78, 5) is 11.3. The van der Waals surface area contributed by atoms with Crippen LogP contribution in [0.3, 0.4) is 0 Å². The van der Waals surface area contributed by atoms with Crippen LogP contribution in [0.4, 0.5) is 5.69 Å². The van der Waals surface area contributed by atoms with E-state index >= 15 is 0 Å². The first-order chi connectivity index (χ1) is 9.72. The van der Waals surface area contributed by atoms with E-state index in [1.165, 1.54) is 6.33 Å². The number of aromatic nitrogens is 5. The lowest BCUT2D eigenvalue weighted by molar-refractivity contribution is 0.877. The third-order valence-corrected chi connectivity index (χ3v) is 3.08. The molecule has 1 aromatic carbocycles. The topological polar surface area (TPSA) is 71.4 Å². The fourth-order valence-corrected chi connectivity index (χ4v) is 2.11. The van der Waals surface area contributed by atoms with Gasteiger partial charge in [0.15, 0.2) is 0 Å². The van der Waals surface area contributed by atoms with Crippen LogP contribution in [0.5, 0.6) is 0 Å². The number of hydrogen-bond donors (Lipinski definition) is 2. The van der Waals surface area contributed by atoms with Crippen molar-refractivity contribution in [1.82, 2.24) is 24.7 Å². The number of nitrogens with one attached hydrogen (secondary N) is 2. The molecule has 0 aliphatic carbocycles. The molecule has 0 aliphatic rings. The van der Waals surface area contributed by atoms with E-state index in [0.717, 1.165) is 22.9 Å². The predicted octanol–water partition coefficient (Wildman–Crippen LogP) is 2.56. The van der Waals surface area contributed by atoms with E-state index in [4.69, 9.17) is 11.6 Å². The lowest BCUT2D eigenvalue weighted by Gasteiger charge is -2.11. The zero-order chi connectivity index (χ0) is 13.9. The van der Waals surface area contributed by atoms with Gasteiger partial charge in [-0.1, -0.05) is 11.6 Å². The molecule has 0 aliphatic heterocycles. The van der Waals surface area contributed by atoms with Gasteiger partial charge in [0.2, 0.25) is 0 Å². The Bertz CT molecular complexity index is 703. The molecule has 3 rings (SSSR count). The molecular weight excluding hydrogens is 276 g/mol. The van der Waals surface area contributed by atoms with Crippen molar-refractivity contribution in [2.75, 3.05) is 5.32 Å². The zero-order valence-electron chi connectivity index (χ0n) is 10.8. The van der Waals surface area contributed by atoms with Gasteiger partial charge in [0.05, 0.1) is 29.8 Å². The Balaban J connectivity index is 1.86. The highest BCUT2D eigenvalue weighted by Gasteiger charge is 2.07.